The lowest BCUT2D eigenvalue weighted by molar-refractivity contribution is 0.0855. The van der Waals surface area contributed by atoms with Gasteiger partial charge in [0.15, 0.2) is 17.0 Å². The molecule has 1 aliphatic heterocycles. The number of nitrogen functional groups attached to an aromatic ring is 1. The highest BCUT2D eigenvalue weighted by molar-refractivity contribution is 5.99. The molecule has 0 radical (unpaired) electrons. The van der Waals surface area contributed by atoms with Crippen molar-refractivity contribution < 1.29 is 4.79 Å². The van der Waals surface area contributed by atoms with Crippen LogP contribution in [-0.2, 0) is 5.91 Å². The van der Waals surface area contributed by atoms with Gasteiger partial charge in [-0.1, -0.05) is 0 Å². The highest BCUT2D eigenvalue weighted by atomic mass is 16.2. The summed E-state index contributed by atoms with van der Waals surface area (Å²) >= 11 is 0. The van der Waals surface area contributed by atoms with Gasteiger partial charge in [0, 0.05) is 0 Å². The number of fused-ring (bicyclic) bond motifs is 2. The van der Waals surface area contributed by atoms with Crippen LogP contribution < -0.4 is 27.7 Å². The minimum atomic E-state index is -1.60. The van der Waals surface area contributed by atoms with E-state index in [4.69, 9.17) is 11.5 Å². The van der Waals surface area contributed by atoms with E-state index in [0.29, 0.717) is 0 Å². The fourth-order valence-electron chi connectivity index (χ4n) is 2.31. The molecule has 0 aliphatic carbocycles. The van der Waals surface area contributed by atoms with Gasteiger partial charge < -0.3 is 16.0 Å². The molecule has 0 bridgehead atoms. The molecule has 112 valence electrons. The zero-order valence-corrected chi connectivity index (χ0v) is 10.9. The number of nitrogens with zero attached hydrogens (tertiary/aromatic N) is 4. The van der Waals surface area contributed by atoms with Crippen LogP contribution >= 0.6 is 0 Å². The zero-order chi connectivity index (χ0) is 15.5. The van der Waals surface area contributed by atoms with E-state index in [1.54, 1.807) is 0 Å². The number of carbonyl (C=O) groups is 1. The standard InChI is InChI=1S/C10H10N10O2/c11-9-16-6-4(7(21)17-9)15-2-20(6)10(12)18-5-3(8(22)19-10)13-1-14-5/h1-2,18H,12H2,(H,13,14)(H,19,22)(H3,11,16,17,21). The third kappa shape index (κ3) is 1.51. The molecule has 12 nitrogen and oxygen atoms in total. The van der Waals surface area contributed by atoms with E-state index in [1.807, 2.05) is 0 Å². The van der Waals surface area contributed by atoms with Crippen molar-refractivity contribution in [3.63, 3.8) is 0 Å². The van der Waals surface area contributed by atoms with Crippen LogP contribution in [-0.4, -0.2) is 35.4 Å². The van der Waals surface area contributed by atoms with Gasteiger partial charge in [0.1, 0.15) is 12.0 Å². The number of hydrogen-bond acceptors (Lipinski definition) is 8. The van der Waals surface area contributed by atoms with Crippen LogP contribution in [0.4, 0.5) is 11.8 Å². The Balaban J connectivity index is 1.92. The minimum Gasteiger partial charge on any atom is -0.369 e. The second kappa shape index (κ2) is 3.82. The monoisotopic (exact) mass is 302 g/mol. The number of anilines is 2. The highest BCUT2D eigenvalue weighted by Gasteiger charge is 2.38. The molecule has 3 aromatic heterocycles. The number of hydrogen-bond donors (Lipinski definition) is 6. The number of nitrogens with two attached hydrogens (primary N) is 2. The van der Waals surface area contributed by atoms with Crippen LogP contribution in [0, 0.1) is 0 Å². The largest absolute Gasteiger partial charge is 0.369 e. The normalized spacial score (nSPS) is 20.5. The van der Waals surface area contributed by atoms with Gasteiger partial charge in [-0.15, -0.1) is 0 Å². The number of H-pyrrole nitrogens is 2. The molecule has 22 heavy (non-hydrogen) atoms. The number of rotatable bonds is 1. The van der Waals surface area contributed by atoms with Crippen LogP contribution in [0.5, 0.6) is 0 Å². The summed E-state index contributed by atoms with van der Waals surface area (Å²) in [7, 11) is 0. The maximum absolute atomic E-state index is 12.1. The third-order valence-electron chi connectivity index (χ3n) is 3.28. The van der Waals surface area contributed by atoms with Crippen LogP contribution in [0.1, 0.15) is 10.5 Å². The fraction of sp³-hybridized carbons (Fsp3) is 0.100. The number of amides is 1. The predicted molar refractivity (Wildman–Crippen MR) is 74.4 cm³/mol. The molecule has 8 N–H and O–H groups in total. The van der Waals surface area contributed by atoms with Crippen molar-refractivity contribution in [1.82, 2.24) is 34.8 Å². The smallest absolute Gasteiger partial charge is 0.280 e. The second-order valence-corrected chi connectivity index (χ2v) is 4.71. The van der Waals surface area contributed by atoms with E-state index in [-0.39, 0.29) is 28.6 Å². The molecule has 12 heteroatoms. The topological polar surface area (TPSA) is 185 Å². The van der Waals surface area contributed by atoms with Gasteiger partial charge in [-0.05, 0) is 0 Å². The van der Waals surface area contributed by atoms with E-state index >= 15 is 0 Å². The summed E-state index contributed by atoms with van der Waals surface area (Å²) in [5.74, 6) is -1.88. The minimum absolute atomic E-state index is 0.0444. The van der Waals surface area contributed by atoms with E-state index < -0.39 is 17.4 Å². The lowest BCUT2D eigenvalue weighted by Crippen LogP contribution is -2.65. The van der Waals surface area contributed by atoms with Gasteiger partial charge in [0.2, 0.25) is 5.95 Å². The third-order valence-corrected chi connectivity index (χ3v) is 3.28. The first-order valence-electron chi connectivity index (χ1n) is 6.14. The second-order valence-electron chi connectivity index (χ2n) is 4.71. The summed E-state index contributed by atoms with van der Waals surface area (Å²) in [5.41, 5.74) is 11.6. The van der Waals surface area contributed by atoms with Crippen LogP contribution in [0.2, 0.25) is 0 Å². The molecule has 1 aliphatic rings. The molecule has 0 saturated heterocycles. The molecule has 3 aromatic rings. The summed E-state index contributed by atoms with van der Waals surface area (Å²) in [6.45, 7) is 0. The van der Waals surface area contributed by atoms with Gasteiger partial charge in [-0.25, -0.2) is 9.97 Å². The number of imidazole rings is 2. The van der Waals surface area contributed by atoms with Crippen molar-refractivity contribution in [2.75, 3.05) is 11.1 Å². The van der Waals surface area contributed by atoms with Crippen LogP contribution in [0.25, 0.3) is 11.2 Å². The Labute approximate surface area is 121 Å². The SMILES string of the molecule is Nc1nc2c(ncn2C2(N)NC(=O)c3[nH]cnc3N2)c(=O)[nH]1. The summed E-state index contributed by atoms with van der Waals surface area (Å²) < 4.78 is 1.30. The van der Waals surface area contributed by atoms with Gasteiger partial charge in [-0.3, -0.25) is 30.2 Å². The number of aromatic nitrogens is 6. The van der Waals surface area contributed by atoms with Crippen molar-refractivity contribution in [2.24, 2.45) is 5.73 Å². The van der Waals surface area contributed by atoms with Gasteiger partial charge >= 0.3 is 0 Å². The van der Waals surface area contributed by atoms with Crippen LogP contribution in [0.15, 0.2) is 17.4 Å². The molecular weight excluding hydrogens is 292 g/mol. The average molecular weight is 302 g/mol. The first kappa shape index (κ1) is 12.3. The highest BCUT2D eigenvalue weighted by Crippen LogP contribution is 2.23. The Kier molecular flexibility index (Phi) is 2.14. The summed E-state index contributed by atoms with van der Waals surface area (Å²) in [5, 5.41) is 5.41. The predicted octanol–water partition coefficient (Wildman–Crippen LogP) is -2.19. The maximum Gasteiger partial charge on any atom is 0.280 e. The Morgan fingerprint density at radius 1 is 1.23 bits per heavy atom. The van der Waals surface area contributed by atoms with E-state index in [9.17, 15) is 9.59 Å². The zero-order valence-electron chi connectivity index (χ0n) is 10.9. The van der Waals surface area contributed by atoms with Crippen molar-refractivity contribution in [2.45, 2.75) is 5.91 Å². The molecular formula is C10H10N10O2. The number of carbonyl (C=O) groups excluding carboxylic acids is 1. The summed E-state index contributed by atoms with van der Waals surface area (Å²) in [6, 6.07) is 0. The molecule has 0 saturated carbocycles. The van der Waals surface area contributed by atoms with Crippen molar-refractivity contribution >= 4 is 28.8 Å². The number of nitrogens with one attached hydrogen (secondary N) is 4. The van der Waals surface area contributed by atoms with Crippen molar-refractivity contribution in [3.8, 4) is 0 Å². The average Bonchev–Trinajstić information content (AvgIpc) is 3.04. The van der Waals surface area contributed by atoms with Gasteiger partial charge in [-0.2, -0.15) is 4.98 Å². The Morgan fingerprint density at radius 3 is 2.86 bits per heavy atom. The van der Waals surface area contributed by atoms with Crippen molar-refractivity contribution in [1.29, 1.82) is 0 Å². The fourth-order valence-corrected chi connectivity index (χ4v) is 2.31. The molecule has 0 aromatic carbocycles. The molecule has 1 unspecified atom stereocenters. The maximum atomic E-state index is 12.1. The molecule has 1 atom stereocenters. The van der Waals surface area contributed by atoms with Gasteiger partial charge in [0.25, 0.3) is 17.4 Å². The Morgan fingerprint density at radius 2 is 2.05 bits per heavy atom. The lowest BCUT2D eigenvalue weighted by Gasteiger charge is -2.35. The van der Waals surface area contributed by atoms with E-state index in [1.165, 1.54) is 17.2 Å². The van der Waals surface area contributed by atoms with Gasteiger partial charge in [0.05, 0.1) is 6.33 Å². The van der Waals surface area contributed by atoms with E-state index in [2.05, 4.69) is 35.6 Å². The van der Waals surface area contributed by atoms with Crippen LogP contribution in [0.3, 0.4) is 0 Å². The molecule has 0 spiro atoms. The quantitative estimate of drug-likeness (QED) is 0.292. The summed E-state index contributed by atoms with van der Waals surface area (Å²) in [4.78, 5) is 40.8. The molecule has 4 heterocycles. The van der Waals surface area contributed by atoms with E-state index in [0.717, 1.165) is 0 Å². The molecule has 0 fully saturated rings. The first-order valence-corrected chi connectivity index (χ1v) is 6.14. The Bertz CT molecular complexity index is 968. The van der Waals surface area contributed by atoms with Crippen molar-refractivity contribution in [3.05, 3.63) is 28.7 Å². The first-order chi connectivity index (χ1) is 10.5. The number of aromatic amines is 2. The summed E-state index contributed by atoms with van der Waals surface area (Å²) in [6.07, 6.45) is 2.63. The Hall–Kier alpha value is -3.41. The molecule has 1 amide bonds. The lowest BCUT2D eigenvalue weighted by atomic mass is 10.3. The molecule has 4 rings (SSSR count).